The standard InChI is InChI=1S/C8H11N3S/c9-12-7-2-3-8(10-6-7)11-4-1-5-11/h2-3,6H,1,4-5,9H2. The summed E-state index contributed by atoms with van der Waals surface area (Å²) in [6.07, 6.45) is 3.10. The number of rotatable bonds is 2. The fourth-order valence-electron chi connectivity index (χ4n) is 1.17. The van der Waals surface area contributed by atoms with Crippen molar-refractivity contribution in [2.75, 3.05) is 18.0 Å². The smallest absolute Gasteiger partial charge is 0.128 e. The van der Waals surface area contributed by atoms with Crippen molar-refractivity contribution in [1.82, 2.24) is 4.98 Å². The van der Waals surface area contributed by atoms with Crippen LogP contribution in [-0.4, -0.2) is 18.1 Å². The molecule has 0 unspecified atom stereocenters. The first-order chi connectivity index (χ1) is 5.90. The van der Waals surface area contributed by atoms with E-state index in [0.29, 0.717) is 0 Å². The first-order valence-corrected chi connectivity index (χ1v) is 4.86. The number of aromatic nitrogens is 1. The van der Waals surface area contributed by atoms with Crippen LogP contribution < -0.4 is 10.0 Å². The maximum atomic E-state index is 5.39. The molecule has 3 nitrogen and oxygen atoms in total. The quantitative estimate of drug-likeness (QED) is 0.697. The highest BCUT2D eigenvalue weighted by molar-refractivity contribution is 7.97. The molecule has 0 aromatic carbocycles. The third-order valence-corrected chi connectivity index (χ3v) is 2.55. The summed E-state index contributed by atoms with van der Waals surface area (Å²) in [5, 5.41) is 5.39. The summed E-state index contributed by atoms with van der Waals surface area (Å²) >= 11 is 1.23. The van der Waals surface area contributed by atoms with Gasteiger partial charge in [-0.1, -0.05) is 0 Å². The van der Waals surface area contributed by atoms with Gasteiger partial charge >= 0.3 is 0 Å². The molecule has 1 aromatic rings. The maximum absolute atomic E-state index is 5.39. The lowest BCUT2D eigenvalue weighted by Crippen LogP contribution is -2.37. The molecule has 1 aliphatic heterocycles. The number of anilines is 1. The summed E-state index contributed by atoms with van der Waals surface area (Å²) < 4.78 is 0. The van der Waals surface area contributed by atoms with Gasteiger partial charge in [0.2, 0.25) is 0 Å². The van der Waals surface area contributed by atoms with Crippen LogP contribution in [-0.2, 0) is 0 Å². The summed E-state index contributed by atoms with van der Waals surface area (Å²) in [5.74, 6) is 1.07. The molecule has 2 N–H and O–H groups in total. The fourth-order valence-corrected chi connectivity index (χ4v) is 1.43. The van der Waals surface area contributed by atoms with Gasteiger partial charge in [0.15, 0.2) is 0 Å². The average Bonchev–Trinajstić information content (AvgIpc) is 2.03. The Labute approximate surface area is 76.1 Å². The fraction of sp³-hybridized carbons (Fsp3) is 0.375. The maximum Gasteiger partial charge on any atom is 0.128 e. The van der Waals surface area contributed by atoms with Crippen molar-refractivity contribution in [3.05, 3.63) is 18.3 Å². The Hall–Kier alpha value is -0.740. The molecule has 0 radical (unpaired) electrons. The second-order valence-electron chi connectivity index (χ2n) is 2.81. The van der Waals surface area contributed by atoms with Crippen molar-refractivity contribution >= 4 is 17.8 Å². The Kier molecular flexibility index (Phi) is 2.19. The number of pyridine rings is 1. The van der Waals surface area contributed by atoms with E-state index in [0.717, 1.165) is 23.8 Å². The monoisotopic (exact) mass is 181 g/mol. The zero-order valence-corrected chi connectivity index (χ0v) is 7.55. The highest BCUT2D eigenvalue weighted by atomic mass is 32.2. The highest BCUT2D eigenvalue weighted by Gasteiger charge is 2.14. The van der Waals surface area contributed by atoms with Crippen molar-refractivity contribution in [1.29, 1.82) is 0 Å². The first kappa shape index (κ1) is 7.89. The van der Waals surface area contributed by atoms with E-state index in [-0.39, 0.29) is 0 Å². The molecule has 1 aliphatic rings. The van der Waals surface area contributed by atoms with Crippen molar-refractivity contribution in [2.24, 2.45) is 5.14 Å². The normalized spacial score (nSPS) is 15.9. The van der Waals surface area contributed by atoms with Crippen molar-refractivity contribution < 1.29 is 0 Å². The van der Waals surface area contributed by atoms with E-state index in [9.17, 15) is 0 Å². The van der Waals surface area contributed by atoms with Gasteiger partial charge in [0.05, 0.1) is 0 Å². The van der Waals surface area contributed by atoms with Gasteiger partial charge in [-0.15, -0.1) is 0 Å². The van der Waals surface area contributed by atoms with Crippen LogP contribution in [0.15, 0.2) is 23.2 Å². The summed E-state index contributed by atoms with van der Waals surface area (Å²) in [6, 6.07) is 4.03. The Balaban J connectivity index is 2.13. The van der Waals surface area contributed by atoms with Gasteiger partial charge in [-0.25, -0.2) is 4.98 Å². The van der Waals surface area contributed by atoms with Crippen LogP contribution >= 0.6 is 11.9 Å². The molecule has 2 rings (SSSR count). The SMILES string of the molecule is NSc1ccc(N2CCC2)nc1. The molecule has 0 saturated carbocycles. The van der Waals surface area contributed by atoms with Crippen LogP contribution in [0, 0.1) is 0 Å². The summed E-state index contributed by atoms with van der Waals surface area (Å²) in [7, 11) is 0. The number of nitrogens with two attached hydrogens (primary N) is 1. The van der Waals surface area contributed by atoms with E-state index in [1.54, 1.807) is 0 Å². The van der Waals surface area contributed by atoms with E-state index >= 15 is 0 Å². The largest absolute Gasteiger partial charge is 0.356 e. The van der Waals surface area contributed by atoms with Crippen LogP contribution in [0.25, 0.3) is 0 Å². The van der Waals surface area contributed by atoms with Crippen LogP contribution in [0.3, 0.4) is 0 Å². The molecule has 0 amide bonds. The molecule has 12 heavy (non-hydrogen) atoms. The Morgan fingerprint density at radius 3 is 2.67 bits per heavy atom. The minimum absolute atomic E-state index is 1.01. The van der Waals surface area contributed by atoms with Gasteiger partial charge in [0, 0.05) is 24.2 Å². The Bertz CT molecular complexity index is 256. The van der Waals surface area contributed by atoms with Crippen LogP contribution in [0.2, 0.25) is 0 Å². The van der Waals surface area contributed by atoms with Crippen LogP contribution in [0.5, 0.6) is 0 Å². The van der Waals surface area contributed by atoms with Gasteiger partial charge in [0.1, 0.15) is 5.82 Å². The second kappa shape index (κ2) is 3.33. The summed E-state index contributed by atoms with van der Waals surface area (Å²) in [4.78, 5) is 7.56. The number of hydrogen-bond acceptors (Lipinski definition) is 4. The Morgan fingerprint density at radius 1 is 1.42 bits per heavy atom. The molecule has 4 heteroatoms. The van der Waals surface area contributed by atoms with E-state index in [1.807, 2.05) is 18.3 Å². The third kappa shape index (κ3) is 1.40. The van der Waals surface area contributed by atoms with Gasteiger partial charge in [-0.05, 0) is 30.5 Å². The zero-order valence-electron chi connectivity index (χ0n) is 6.73. The first-order valence-electron chi connectivity index (χ1n) is 3.98. The molecule has 0 bridgehead atoms. The summed E-state index contributed by atoms with van der Waals surface area (Å²) in [5.41, 5.74) is 0. The molecule has 1 fully saturated rings. The molecule has 1 saturated heterocycles. The van der Waals surface area contributed by atoms with Gasteiger partial charge in [-0.2, -0.15) is 0 Å². The zero-order chi connectivity index (χ0) is 8.39. The van der Waals surface area contributed by atoms with E-state index in [1.165, 1.54) is 18.4 Å². The summed E-state index contributed by atoms with van der Waals surface area (Å²) in [6.45, 7) is 2.28. The second-order valence-corrected chi connectivity index (χ2v) is 3.52. The van der Waals surface area contributed by atoms with Gasteiger partial charge in [0.25, 0.3) is 0 Å². The van der Waals surface area contributed by atoms with Crippen LogP contribution in [0.1, 0.15) is 6.42 Å². The Morgan fingerprint density at radius 2 is 2.25 bits per heavy atom. The average molecular weight is 181 g/mol. The highest BCUT2D eigenvalue weighted by Crippen LogP contribution is 2.19. The predicted molar refractivity (Wildman–Crippen MR) is 51.1 cm³/mol. The van der Waals surface area contributed by atoms with Crippen molar-refractivity contribution in [3.8, 4) is 0 Å². The molecule has 2 heterocycles. The lowest BCUT2D eigenvalue weighted by Gasteiger charge is -2.31. The lowest BCUT2D eigenvalue weighted by molar-refractivity contribution is 0.609. The molecular weight excluding hydrogens is 170 g/mol. The van der Waals surface area contributed by atoms with Crippen LogP contribution in [0.4, 0.5) is 5.82 Å². The van der Waals surface area contributed by atoms with Crippen molar-refractivity contribution in [3.63, 3.8) is 0 Å². The molecule has 1 aromatic heterocycles. The van der Waals surface area contributed by atoms with Gasteiger partial charge in [-0.3, -0.25) is 5.14 Å². The van der Waals surface area contributed by atoms with E-state index in [2.05, 4.69) is 9.88 Å². The molecular formula is C8H11N3S. The molecule has 64 valence electrons. The molecule has 0 atom stereocenters. The van der Waals surface area contributed by atoms with Crippen molar-refractivity contribution in [2.45, 2.75) is 11.3 Å². The topological polar surface area (TPSA) is 42.1 Å². The van der Waals surface area contributed by atoms with E-state index < -0.39 is 0 Å². The third-order valence-electron chi connectivity index (χ3n) is 2.04. The minimum atomic E-state index is 1.01. The molecule has 0 aliphatic carbocycles. The minimum Gasteiger partial charge on any atom is -0.356 e. The predicted octanol–water partition coefficient (Wildman–Crippen LogP) is 1.26. The van der Waals surface area contributed by atoms with E-state index in [4.69, 9.17) is 5.14 Å². The number of hydrogen-bond donors (Lipinski definition) is 1. The lowest BCUT2D eigenvalue weighted by atomic mass is 10.2. The van der Waals surface area contributed by atoms with Gasteiger partial charge < -0.3 is 4.90 Å². The number of nitrogens with zero attached hydrogens (tertiary/aromatic N) is 2. The molecule has 0 spiro atoms.